The van der Waals surface area contributed by atoms with Crippen molar-refractivity contribution >= 4 is 23.7 Å². The van der Waals surface area contributed by atoms with Crippen molar-refractivity contribution in [3.63, 3.8) is 0 Å². The predicted octanol–water partition coefficient (Wildman–Crippen LogP) is 6.86. The third-order valence-corrected chi connectivity index (χ3v) is 6.47. The number of aromatic hydroxyl groups is 1. The molecule has 2 aromatic carbocycles. The zero-order valence-corrected chi connectivity index (χ0v) is 24.9. The van der Waals surface area contributed by atoms with E-state index >= 15 is 0 Å². The molecule has 0 fully saturated rings. The highest BCUT2D eigenvalue weighted by Crippen LogP contribution is 2.42. The molecular weight excluding hydrogens is 492 g/mol. The van der Waals surface area contributed by atoms with E-state index in [1.807, 2.05) is 19.2 Å². The van der Waals surface area contributed by atoms with E-state index in [0.29, 0.717) is 12.4 Å². The van der Waals surface area contributed by atoms with Gasteiger partial charge in [0.2, 0.25) is 0 Å². The van der Waals surface area contributed by atoms with Crippen molar-refractivity contribution in [2.24, 2.45) is 0 Å². The third-order valence-electron chi connectivity index (χ3n) is 5.53. The lowest BCUT2D eigenvalue weighted by atomic mass is 9.78. The maximum absolute atomic E-state index is 10.9. The van der Waals surface area contributed by atoms with Crippen molar-refractivity contribution in [2.45, 2.75) is 72.6 Å². The van der Waals surface area contributed by atoms with E-state index in [4.69, 9.17) is 9.72 Å². The van der Waals surface area contributed by atoms with Crippen LogP contribution < -0.4 is 10.1 Å². The van der Waals surface area contributed by atoms with Crippen LogP contribution in [0.2, 0.25) is 0 Å². The maximum Gasteiger partial charge on any atom is 0.123 e. The van der Waals surface area contributed by atoms with E-state index in [1.54, 1.807) is 11.3 Å². The molecule has 7 heteroatoms. The van der Waals surface area contributed by atoms with Crippen molar-refractivity contribution in [3.05, 3.63) is 64.2 Å². The van der Waals surface area contributed by atoms with Crippen LogP contribution in [0.3, 0.4) is 0 Å². The Kier molecular flexibility index (Phi) is 13.7. The number of phenols is 1. The summed E-state index contributed by atoms with van der Waals surface area (Å²) in [6.45, 7) is 18.6. The van der Waals surface area contributed by atoms with E-state index in [1.165, 1.54) is 5.56 Å². The zero-order chi connectivity index (χ0) is 25.5. The van der Waals surface area contributed by atoms with Gasteiger partial charge in [0, 0.05) is 28.5 Å². The van der Waals surface area contributed by atoms with Crippen LogP contribution in [0.5, 0.6) is 11.5 Å². The second-order valence-corrected chi connectivity index (χ2v) is 11.5. The first kappa shape index (κ1) is 33.9. The molecule has 1 heterocycles. The van der Waals surface area contributed by atoms with Crippen molar-refractivity contribution < 1.29 is 15.3 Å². The van der Waals surface area contributed by atoms with Gasteiger partial charge in [-0.05, 0) is 55.6 Å². The van der Waals surface area contributed by atoms with Gasteiger partial charge in [-0.3, -0.25) is 0 Å². The summed E-state index contributed by atoms with van der Waals surface area (Å²) in [6, 6.07) is 12.3. The molecule has 0 aliphatic carbocycles. The van der Waals surface area contributed by atoms with Crippen LogP contribution >= 0.6 is 23.7 Å². The smallest absolute Gasteiger partial charge is 0.123 e. The largest absolute Gasteiger partial charge is 0.507 e. The van der Waals surface area contributed by atoms with Gasteiger partial charge in [0.25, 0.3) is 0 Å². The highest BCUT2D eigenvalue weighted by Gasteiger charge is 2.27. The normalized spacial score (nSPS) is 11.0. The average Bonchev–Trinajstić information content (AvgIpc) is 3.23. The summed E-state index contributed by atoms with van der Waals surface area (Å²) in [6.07, 6.45) is 0.765. The highest BCUT2D eigenvalue weighted by atomic mass is 35.5. The molecule has 3 rings (SSSR count). The quantitative estimate of drug-likeness (QED) is 0.360. The lowest BCUT2D eigenvalue weighted by molar-refractivity contribution is 0.321. The second-order valence-electron chi connectivity index (χ2n) is 10.7. The topological polar surface area (TPSA) is 85.9 Å². The van der Waals surface area contributed by atoms with Crippen LogP contribution in [0.4, 0.5) is 0 Å². The predicted molar refractivity (Wildman–Crippen MR) is 157 cm³/mol. The van der Waals surface area contributed by atoms with Gasteiger partial charge < -0.3 is 20.6 Å². The van der Waals surface area contributed by atoms with Crippen LogP contribution in [-0.4, -0.2) is 35.8 Å². The number of halogens is 1. The van der Waals surface area contributed by atoms with Gasteiger partial charge in [0.15, 0.2) is 0 Å². The Bertz CT molecular complexity index is 1010. The van der Waals surface area contributed by atoms with E-state index in [0.717, 1.165) is 46.1 Å². The Labute approximate surface area is 228 Å². The fraction of sp³-hybridized carbons (Fsp3) is 0.483. The molecule has 0 saturated carbocycles. The Morgan fingerprint density at radius 2 is 1.47 bits per heavy atom. The monoisotopic (exact) mass is 536 g/mol. The first-order valence-electron chi connectivity index (χ1n) is 12.0. The van der Waals surface area contributed by atoms with Gasteiger partial charge in [-0.15, -0.1) is 23.7 Å². The van der Waals surface area contributed by atoms with E-state index in [9.17, 15) is 5.11 Å². The Morgan fingerprint density at radius 1 is 0.972 bits per heavy atom. The van der Waals surface area contributed by atoms with Crippen molar-refractivity contribution in [2.75, 3.05) is 20.2 Å². The molecule has 0 atom stereocenters. The van der Waals surface area contributed by atoms with Crippen molar-refractivity contribution in [1.29, 1.82) is 0 Å². The molecule has 0 unspecified atom stereocenters. The number of hydrogen-bond acceptors (Lipinski definition) is 5. The number of aryl methyl sites for hydroxylation is 1. The molecule has 0 aliphatic heterocycles. The number of phenolic OH excluding ortho intramolecular Hbond substituents is 1. The van der Waals surface area contributed by atoms with Crippen molar-refractivity contribution in [1.82, 2.24) is 10.3 Å². The number of hydrogen-bond donors (Lipinski definition) is 2. The van der Waals surface area contributed by atoms with E-state index in [-0.39, 0.29) is 28.7 Å². The molecule has 0 amide bonds. The SMILES string of the molecule is CCNC.Cc1ccc(OCCc2csc(-c3cc(C(C)(C)C)c(O)c(C(C)(C)C)c3)n2)cc1.Cl.O. The number of nitrogens with one attached hydrogen (secondary N) is 1. The summed E-state index contributed by atoms with van der Waals surface area (Å²) < 4.78 is 5.85. The average molecular weight is 537 g/mol. The molecule has 0 saturated heterocycles. The lowest BCUT2D eigenvalue weighted by Crippen LogP contribution is -2.17. The number of ether oxygens (including phenoxy) is 1. The molecule has 3 aromatic rings. The van der Waals surface area contributed by atoms with Gasteiger partial charge >= 0.3 is 0 Å². The highest BCUT2D eigenvalue weighted by molar-refractivity contribution is 7.13. The Hall–Kier alpha value is -2.12. The third kappa shape index (κ3) is 9.74. The molecule has 36 heavy (non-hydrogen) atoms. The summed E-state index contributed by atoms with van der Waals surface area (Å²) in [7, 11) is 1.93. The minimum atomic E-state index is -0.151. The van der Waals surface area contributed by atoms with Crippen LogP contribution in [0.25, 0.3) is 10.6 Å². The molecule has 0 bridgehead atoms. The minimum Gasteiger partial charge on any atom is -0.507 e. The van der Waals surface area contributed by atoms with Gasteiger partial charge in [-0.2, -0.15) is 0 Å². The number of nitrogens with zero attached hydrogens (tertiary/aromatic N) is 1. The van der Waals surface area contributed by atoms with Gasteiger partial charge in [0.1, 0.15) is 16.5 Å². The zero-order valence-electron chi connectivity index (χ0n) is 23.3. The van der Waals surface area contributed by atoms with Crippen LogP contribution in [-0.2, 0) is 17.3 Å². The first-order chi connectivity index (χ1) is 15.9. The number of aromatic nitrogens is 1. The molecule has 0 radical (unpaired) electrons. The summed E-state index contributed by atoms with van der Waals surface area (Å²) in [5.74, 6) is 1.29. The van der Waals surface area contributed by atoms with Gasteiger partial charge in [-0.25, -0.2) is 4.98 Å². The van der Waals surface area contributed by atoms with E-state index < -0.39 is 0 Å². The van der Waals surface area contributed by atoms with Crippen molar-refractivity contribution in [3.8, 4) is 22.1 Å². The number of benzene rings is 2. The van der Waals surface area contributed by atoms with Crippen LogP contribution in [0.15, 0.2) is 41.8 Å². The minimum absolute atomic E-state index is 0. The molecule has 4 N–H and O–H groups in total. The Balaban J connectivity index is 0.00000190. The fourth-order valence-corrected chi connectivity index (χ4v) is 4.21. The summed E-state index contributed by atoms with van der Waals surface area (Å²) in [4.78, 5) is 4.86. The number of thiazole rings is 1. The molecule has 1 aromatic heterocycles. The van der Waals surface area contributed by atoms with Crippen LogP contribution in [0.1, 0.15) is 70.9 Å². The summed E-state index contributed by atoms with van der Waals surface area (Å²) >= 11 is 1.65. The summed E-state index contributed by atoms with van der Waals surface area (Å²) in [5.41, 5.74) is 4.95. The molecule has 0 spiro atoms. The fourth-order valence-electron chi connectivity index (χ4n) is 3.36. The van der Waals surface area contributed by atoms with Gasteiger partial charge in [0.05, 0.1) is 12.3 Å². The molecule has 5 nitrogen and oxygen atoms in total. The first-order valence-corrected chi connectivity index (χ1v) is 12.9. The second kappa shape index (κ2) is 14.6. The standard InChI is InChI=1S/C26H33NO2S.C3H9N.ClH.H2O/c1-17-8-10-20(11-9-17)29-13-12-19-16-30-24(27-19)18-14-21(25(2,3)4)23(28)22(15-18)26(5,6)7;1-3-4-2;;/h8-11,14-16,28H,12-13H2,1-7H3;4H,3H2,1-2H3;1H;1H2. The maximum atomic E-state index is 10.9. The summed E-state index contributed by atoms with van der Waals surface area (Å²) in [5, 5.41) is 17.0. The van der Waals surface area contributed by atoms with Gasteiger partial charge in [-0.1, -0.05) is 66.2 Å². The van der Waals surface area contributed by atoms with E-state index in [2.05, 4.69) is 90.4 Å². The molecular formula is C29H45ClN2O3S. The number of rotatable bonds is 6. The lowest BCUT2D eigenvalue weighted by Gasteiger charge is -2.28. The van der Waals surface area contributed by atoms with Crippen LogP contribution in [0, 0.1) is 6.92 Å². The Morgan fingerprint density at radius 3 is 1.92 bits per heavy atom. The molecule has 0 aliphatic rings. The molecule has 202 valence electrons.